The average Bonchev–Trinajstić information content (AvgIpc) is 2.73. The third-order valence-corrected chi connectivity index (χ3v) is 5.50. The van der Waals surface area contributed by atoms with Gasteiger partial charge in [-0.2, -0.15) is 11.3 Å². The molecule has 0 amide bonds. The average molecular weight is 354 g/mol. The van der Waals surface area contributed by atoms with Crippen LogP contribution in [0.3, 0.4) is 0 Å². The van der Waals surface area contributed by atoms with E-state index in [1.54, 1.807) is 22.7 Å². The lowest BCUT2D eigenvalue weighted by atomic mass is 10.2. The molecule has 0 radical (unpaired) electrons. The molecule has 1 N–H and O–H groups in total. The van der Waals surface area contributed by atoms with Gasteiger partial charge in [-0.15, -0.1) is 11.3 Å². The fourth-order valence-electron chi connectivity index (χ4n) is 1.13. The molecule has 0 aliphatic rings. The molecule has 2 heterocycles. The van der Waals surface area contributed by atoms with Crippen LogP contribution < -0.4 is 0 Å². The van der Waals surface area contributed by atoms with Gasteiger partial charge in [-0.25, -0.2) is 0 Å². The molecule has 0 spiro atoms. The molecule has 1 nitrogen and oxygen atoms in total. The molecule has 0 aliphatic heterocycles. The normalized spacial score (nSPS) is 13.1. The fourth-order valence-corrected chi connectivity index (χ4v) is 4.25. The summed E-state index contributed by atoms with van der Waals surface area (Å²) in [7, 11) is 0. The standard InChI is InChI=1S/C9H6Br2OS2/c10-6-1-2-14-9(6)8(12)5-3-13-4-7(5)11/h1-4,8,12H. The Bertz CT molecular complexity index is 395. The van der Waals surface area contributed by atoms with Gasteiger partial charge in [-0.05, 0) is 48.7 Å². The smallest absolute Gasteiger partial charge is 0.116 e. The largest absolute Gasteiger partial charge is 0.383 e. The Hall–Kier alpha value is 0.320. The van der Waals surface area contributed by atoms with Crippen molar-refractivity contribution in [3.8, 4) is 0 Å². The summed E-state index contributed by atoms with van der Waals surface area (Å²) < 4.78 is 1.93. The minimum Gasteiger partial charge on any atom is -0.383 e. The van der Waals surface area contributed by atoms with Gasteiger partial charge >= 0.3 is 0 Å². The molecule has 0 fully saturated rings. The Morgan fingerprint density at radius 3 is 2.50 bits per heavy atom. The lowest BCUT2D eigenvalue weighted by molar-refractivity contribution is 0.223. The third-order valence-electron chi connectivity index (χ3n) is 1.83. The van der Waals surface area contributed by atoms with Crippen LogP contribution in [0.4, 0.5) is 0 Å². The topological polar surface area (TPSA) is 20.2 Å². The molecule has 0 aliphatic carbocycles. The summed E-state index contributed by atoms with van der Waals surface area (Å²) in [5.41, 5.74) is 0.929. The van der Waals surface area contributed by atoms with Crippen LogP contribution in [0.1, 0.15) is 16.5 Å². The molecule has 0 aromatic carbocycles. The van der Waals surface area contributed by atoms with Gasteiger partial charge in [0.2, 0.25) is 0 Å². The zero-order chi connectivity index (χ0) is 10.1. The molecule has 14 heavy (non-hydrogen) atoms. The quantitative estimate of drug-likeness (QED) is 0.847. The summed E-state index contributed by atoms with van der Waals surface area (Å²) in [5.74, 6) is 0. The first-order valence-electron chi connectivity index (χ1n) is 3.82. The summed E-state index contributed by atoms with van der Waals surface area (Å²) in [6.07, 6.45) is -0.537. The van der Waals surface area contributed by atoms with Crippen molar-refractivity contribution >= 4 is 54.5 Å². The number of hydrogen-bond acceptors (Lipinski definition) is 3. The highest BCUT2D eigenvalue weighted by Crippen LogP contribution is 2.37. The Labute approximate surface area is 107 Å². The summed E-state index contributed by atoms with van der Waals surface area (Å²) >= 11 is 9.96. The van der Waals surface area contributed by atoms with Crippen LogP contribution in [-0.4, -0.2) is 5.11 Å². The van der Waals surface area contributed by atoms with Gasteiger partial charge in [0, 0.05) is 19.9 Å². The van der Waals surface area contributed by atoms with Gasteiger partial charge in [-0.3, -0.25) is 0 Å². The van der Waals surface area contributed by atoms with Crippen LogP contribution in [-0.2, 0) is 0 Å². The summed E-state index contributed by atoms with van der Waals surface area (Å²) in [6, 6.07) is 1.95. The summed E-state index contributed by atoms with van der Waals surface area (Å²) in [4.78, 5) is 0.948. The van der Waals surface area contributed by atoms with Gasteiger partial charge < -0.3 is 5.11 Å². The van der Waals surface area contributed by atoms with Crippen molar-refractivity contribution in [2.45, 2.75) is 6.10 Å². The monoisotopic (exact) mass is 352 g/mol. The Morgan fingerprint density at radius 1 is 1.21 bits per heavy atom. The van der Waals surface area contributed by atoms with E-state index in [1.165, 1.54) is 0 Å². The van der Waals surface area contributed by atoms with Crippen LogP contribution in [0.2, 0.25) is 0 Å². The van der Waals surface area contributed by atoms with E-state index in [0.717, 1.165) is 19.4 Å². The minimum absolute atomic E-state index is 0.537. The third kappa shape index (κ3) is 1.97. The van der Waals surface area contributed by atoms with E-state index in [1.807, 2.05) is 22.2 Å². The highest BCUT2D eigenvalue weighted by atomic mass is 79.9. The van der Waals surface area contributed by atoms with E-state index in [4.69, 9.17) is 0 Å². The number of hydrogen-bond donors (Lipinski definition) is 1. The van der Waals surface area contributed by atoms with Crippen molar-refractivity contribution in [1.29, 1.82) is 0 Å². The Kier molecular flexibility index (Phi) is 3.44. The number of thiophene rings is 2. The number of aliphatic hydroxyl groups excluding tert-OH is 1. The van der Waals surface area contributed by atoms with E-state index in [-0.39, 0.29) is 0 Å². The van der Waals surface area contributed by atoms with E-state index >= 15 is 0 Å². The highest BCUT2D eigenvalue weighted by Gasteiger charge is 2.17. The highest BCUT2D eigenvalue weighted by molar-refractivity contribution is 9.11. The van der Waals surface area contributed by atoms with Crippen LogP contribution in [0.5, 0.6) is 0 Å². The minimum atomic E-state index is -0.537. The predicted molar refractivity (Wildman–Crippen MR) is 68.1 cm³/mol. The van der Waals surface area contributed by atoms with Crippen molar-refractivity contribution in [3.05, 3.63) is 41.6 Å². The second-order valence-electron chi connectivity index (χ2n) is 2.71. The predicted octanol–water partition coefficient (Wildman–Crippen LogP) is 4.42. The zero-order valence-electron chi connectivity index (χ0n) is 6.91. The first-order valence-corrected chi connectivity index (χ1v) is 7.23. The fraction of sp³-hybridized carbons (Fsp3) is 0.111. The lowest BCUT2D eigenvalue weighted by Crippen LogP contribution is -1.96. The summed E-state index contributed by atoms with van der Waals surface area (Å²) in [6.45, 7) is 0. The first-order chi connectivity index (χ1) is 6.70. The van der Waals surface area contributed by atoms with Crippen LogP contribution >= 0.6 is 54.5 Å². The Balaban J connectivity index is 2.38. The molecule has 0 saturated heterocycles. The van der Waals surface area contributed by atoms with Gasteiger partial charge in [0.05, 0.1) is 4.88 Å². The van der Waals surface area contributed by atoms with Crippen LogP contribution in [0.25, 0.3) is 0 Å². The maximum Gasteiger partial charge on any atom is 0.116 e. The number of rotatable bonds is 2. The SMILES string of the molecule is OC(c1cscc1Br)c1sccc1Br. The van der Waals surface area contributed by atoms with E-state index in [0.29, 0.717) is 0 Å². The molecule has 74 valence electrons. The number of aliphatic hydroxyl groups is 1. The molecule has 2 aromatic rings. The number of halogens is 2. The van der Waals surface area contributed by atoms with Crippen molar-refractivity contribution in [2.75, 3.05) is 0 Å². The van der Waals surface area contributed by atoms with Crippen LogP contribution in [0, 0.1) is 0 Å². The lowest BCUT2D eigenvalue weighted by Gasteiger charge is -2.08. The molecule has 5 heteroatoms. The van der Waals surface area contributed by atoms with Crippen molar-refractivity contribution < 1.29 is 5.11 Å². The molecule has 2 aromatic heterocycles. The van der Waals surface area contributed by atoms with E-state index in [9.17, 15) is 5.11 Å². The molecule has 1 unspecified atom stereocenters. The molecule has 0 bridgehead atoms. The summed E-state index contributed by atoms with van der Waals surface area (Å²) in [5, 5.41) is 16.0. The van der Waals surface area contributed by atoms with Gasteiger partial charge in [0.25, 0.3) is 0 Å². The Morgan fingerprint density at radius 2 is 2.00 bits per heavy atom. The first kappa shape index (κ1) is 10.8. The van der Waals surface area contributed by atoms with E-state index < -0.39 is 6.10 Å². The second-order valence-corrected chi connectivity index (χ2v) is 6.11. The van der Waals surface area contributed by atoms with Gasteiger partial charge in [0.1, 0.15) is 6.10 Å². The zero-order valence-corrected chi connectivity index (χ0v) is 11.7. The van der Waals surface area contributed by atoms with Crippen molar-refractivity contribution in [1.82, 2.24) is 0 Å². The molecule has 2 rings (SSSR count). The molecule has 1 atom stereocenters. The molecular formula is C9H6Br2OS2. The maximum absolute atomic E-state index is 10.1. The van der Waals surface area contributed by atoms with Crippen molar-refractivity contribution in [2.24, 2.45) is 0 Å². The van der Waals surface area contributed by atoms with Crippen molar-refractivity contribution in [3.63, 3.8) is 0 Å². The molecular weight excluding hydrogens is 348 g/mol. The molecule has 0 saturated carbocycles. The van der Waals surface area contributed by atoms with Crippen LogP contribution in [0.15, 0.2) is 31.2 Å². The van der Waals surface area contributed by atoms with Gasteiger partial charge in [0.15, 0.2) is 0 Å². The van der Waals surface area contributed by atoms with E-state index in [2.05, 4.69) is 31.9 Å². The van der Waals surface area contributed by atoms with Gasteiger partial charge in [-0.1, -0.05) is 0 Å². The maximum atomic E-state index is 10.1. The second kappa shape index (κ2) is 4.45.